The Hall–Kier alpha value is -3.81. The van der Waals surface area contributed by atoms with E-state index in [1.807, 2.05) is 0 Å². The second-order valence-electron chi connectivity index (χ2n) is 6.81. The number of rotatable bonds is 4. The lowest BCUT2D eigenvalue weighted by Gasteiger charge is -2.26. The third-order valence-corrected chi connectivity index (χ3v) is 4.77. The van der Waals surface area contributed by atoms with Crippen LogP contribution in [0.4, 0.5) is 18.9 Å². The molecule has 3 aromatic rings. The zero-order valence-corrected chi connectivity index (χ0v) is 16.0. The Morgan fingerprint density at radius 1 is 0.871 bits per heavy atom. The highest BCUT2D eigenvalue weighted by Crippen LogP contribution is 2.44. The van der Waals surface area contributed by atoms with Crippen molar-refractivity contribution in [1.29, 1.82) is 0 Å². The number of halogens is 3. The Morgan fingerprint density at radius 3 is 2.03 bits per heavy atom. The van der Waals surface area contributed by atoms with Gasteiger partial charge in [0.1, 0.15) is 17.4 Å². The maximum Gasteiger partial charge on any atom is 0.418 e. The fourth-order valence-electron chi connectivity index (χ4n) is 3.41. The standard InChI is InChI=1S/C23H16F3NO4/c24-23(25,26)16-9-3-4-10-17(16)27-20(28)13-30-22(29)21-14-7-1-5-11-18(14)31-19-12-6-2-8-15(19)21/h1-12,21H,13H2,(H,27,28). The van der Waals surface area contributed by atoms with Gasteiger partial charge >= 0.3 is 12.1 Å². The van der Waals surface area contributed by atoms with E-state index < -0.39 is 41.8 Å². The summed E-state index contributed by atoms with van der Waals surface area (Å²) < 4.78 is 50.2. The van der Waals surface area contributed by atoms with Crippen LogP contribution in [0, 0.1) is 0 Å². The molecule has 0 unspecified atom stereocenters. The van der Waals surface area contributed by atoms with Gasteiger partial charge in [-0.2, -0.15) is 13.2 Å². The Labute approximate surface area is 175 Å². The van der Waals surface area contributed by atoms with Crippen molar-refractivity contribution >= 4 is 17.6 Å². The number of benzene rings is 3. The average molecular weight is 427 g/mol. The highest BCUT2D eigenvalue weighted by molar-refractivity contribution is 5.94. The molecule has 0 saturated heterocycles. The van der Waals surface area contributed by atoms with Crippen LogP contribution in [0.25, 0.3) is 0 Å². The third kappa shape index (κ3) is 4.23. The monoisotopic (exact) mass is 427 g/mol. The molecule has 0 spiro atoms. The zero-order valence-electron chi connectivity index (χ0n) is 16.0. The van der Waals surface area contributed by atoms with Crippen LogP contribution >= 0.6 is 0 Å². The Bertz CT molecular complexity index is 1100. The van der Waals surface area contributed by atoms with Crippen molar-refractivity contribution in [3.05, 3.63) is 89.5 Å². The predicted octanol–water partition coefficient (Wildman–Crippen LogP) is 5.12. The molecule has 1 N–H and O–H groups in total. The quantitative estimate of drug-likeness (QED) is 0.587. The molecule has 0 aromatic heterocycles. The summed E-state index contributed by atoms with van der Waals surface area (Å²) in [5.74, 6) is -1.42. The first kappa shape index (κ1) is 20.5. The summed E-state index contributed by atoms with van der Waals surface area (Å²) in [6.07, 6.45) is -4.63. The van der Waals surface area contributed by atoms with E-state index in [1.165, 1.54) is 12.1 Å². The van der Waals surface area contributed by atoms with Gasteiger partial charge < -0.3 is 14.8 Å². The number of hydrogen-bond donors (Lipinski definition) is 1. The number of ether oxygens (including phenoxy) is 2. The molecule has 1 heterocycles. The van der Waals surface area contributed by atoms with Crippen molar-refractivity contribution in [2.75, 3.05) is 11.9 Å². The fourth-order valence-corrected chi connectivity index (χ4v) is 3.41. The molecule has 158 valence electrons. The number of para-hydroxylation sites is 3. The first-order chi connectivity index (χ1) is 14.8. The molecular formula is C23H16F3NO4. The molecule has 3 aromatic carbocycles. The van der Waals surface area contributed by atoms with Crippen molar-refractivity contribution in [3.63, 3.8) is 0 Å². The number of esters is 1. The zero-order chi connectivity index (χ0) is 22.0. The minimum Gasteiger partial charge on any atom is -0.457 e. The van der Waals surface area contributed by atoms with Gasteiger partial charge in [-0.1, -0.05) is 48.5 Å². The number of amides is 1. The average Bonchev–Trinajstić information content (AvgIpc) is 2.75. The molecule has 1 amide bonds. The van der Waals surface area contributed by atoms with E-state index in [-0.39, 0.29) is 0 Å². The SMILES string of the molecule is O=C(COC(=O)C1c2ccccc2Oc2ccccc21)Nc1ccccc1C(F)(F)F. The van der Waals surface area contributed by atoms with Crippen molar-refractivity contribution in [2.24, 2.45) is 0 Å². The lowest BCUT2D eigenvalue weighted by molar-refractivity contribution is -0.148. The smallest absolute Gasteiger partial charge is 0.418 e. The molecule has 8 heteroatoms. The molecule has 0 radical (unpaired) electrons. The van der Waals surface area contributed by atoms with Gasteiger partial charge in [0.05, 0.1) is 11.3 Å². The summed E-state index contributed by atoms with van der Waals surface area (Å²) in [5, 5.41) is 2.15. The Morgan fingerprint density at radius 2 is 1.42 bits per heavy atom. The molecule has 0 fully saturated rings. The minimum atomic E-state index is -4.63. The molecule has 0 bridgehead atoms. The normalized spacial score (nSPS) is 12.9. The van der Waals surface area contributed by atoms with Crippen LogP contribution < -0.4 is 10.1 Å². The third-order valence-electron chi connectivity index (χ3n) is 4.77. The highest BCUT2D eigenvalue weighted by Gasteiger charge is 2.35. The molecule has 0 atom stereocenters. The number of alkyl halides is 3. The summed E-state index contributed by atoms with van der Waals surface area (Å²) >= 11 is 0. The second kappa shape index (κ2) is 8.14. The Kier molecular flexibility index (Phi) is 5.37. The van der Waals surface area contributed by atoms with Gasteiger partial charge in [-0.15, -0.1) is 0 Å². The van der Waals surface area contributed by atoms with Gasteiger partial charge in [0.2, 0.25) is 0 Å². The van der Waals surface area contributed by atoms with Gasteiger partial charge in [0, 0.05) is 11.1 Å². The van der Waals surface area contributed by atoms with Crippen LogP contribution in [0.2, 0.25) is 0 Å². The van der Waals surface area contributed by atoms with E-state index in [9.17, 15) is 22.8 Å². The van der Waals surface area contributed by atoms with Gasteiger partial charge in [-0.25, -0.2) is 0 Å². The van der Waals surface area contributed by atoms with Crippen LogP contribution in [-0.2, 0) is 20.5 Å². The van der Waals surface area contributed by atoms with Gasteiger partial charge in [0.25, 0.3) is 5.91 Å². The van der Waals surface area contributed by atoms with E-state index in [1.54, 1.807) is 48.5 Å². The lowest BCUT2D eigenvalue weighted by atomic mass is 9.88. The molecule has 31 heavy (non-hydrogen) atoms. The number of anilines is 1. The van der Waals surface area contributed by atoms with E-state index >= 15 is 0 Å². The summed E-state index contributed by atoms with van der Waals surface area (Å²) in [7, 11) is 0. The van der Waals surface area contributed by atoms with Gasteiger partial charge in [0.15, 0.2) is 6.61 Å². The van der Waals surface area contributed by atoms with Crippen molar-refractivity contribution in [2.45, 2.75) is 12.1 Å². The van der Waals surface area contributed by atoms with E-state index in [0.717, 1.165) is 12.1 Å². The number of fused-ring (bicyclic) bond motifs is 2. The summed E-state index contributed by atoms with van der Waals surface area (Å²) in [6.45, 7) is -0.729. The molecule has 0 saturated carbocycles. The molecule has 5 nitrogen and oxygen atoms in total. The molecular weight excluding hydrogens is 411 g/mol. The largest absolute Gasteiger partial charge is 0.457 e. The van der Waals surface area contributed by atoms with E-state index in [0.29, 0.717) is 22.6 Å². The number of nitrogens with one attached hydrogen (secondary N) is 1. The summed E-state index contributed by atoms with van der Waals surface area (Å²) in [6, 6.07) is 18.5. The molecule has 1 aliphatic heterocycles. The van der Waals surface area contributed by atoms with Crippen molar-refractivity contribution in [1.82, 2.24) is 0 Å². The fraction of sp³-hybridized carbons (Fsp3) is 0.130. The van der Waals surface area contributed by atoms with Crippen LogP contribution in [0.1, 0.15) is 22.6 Å². The van der Waals surface area contributed by atoms with Crippen LogP contribution in [-0.4, -0.2) is 18.5 Å². The van der Waals surface area contributed by atoms with Crippen molar-refractivity contribution in [3.8, 4) is 11.5 Å². The first-order valence-corrected chi connectivity index (χ1v) is 9.33. The predicted molar refractivity (Wildman–Crippen MR) is 106 cm³/mol. The van der Waals surface area contributed by atoms with Crippen molar-refractivity contribution < 1.29 is 32.2 Å². The maximum absolute atomic E-state index is 13.1. The van der Waals surface area contributed by atoms with E-state index in [4.69, 9.17) is 9.47 Å². The van der Waals surface area contributed by atoms with E-state index in [2.05, 4.69) is 5.32 Å². The van der Waals surface area contributed by atoms with Crippen LogP contribution in [0.3, 0.4) is 0 Å². The minimum absolute atomic E-state index is 0.405. The Balaban J connectivity index is 1.50. The van der Waals surface area contributed by atoms with Crippen LogP contribution in [0.5, 0.6) is 11.5 Å². The second-order valence-corrected chi connectivity index (χ2v) is 6.81. The molecule has 0 aliphatic carbocycles. The number of carbonyl (C=O) groups is 2. The molecule has 1 aliphatic rings. The highest BCUT2D eigenvalue weighted by atomic mass is 19.4. The van der Waals surface area contributed by atoms with Crippen LogP contribution in [0.15, 0.2) is 72.8 Å². The molecule has 4 rings (SSSR count). The number of hydrogen-bond acceptors (Lipinski definition) is 4. The number of carbonyl (C=O) groups excluding carboxylic acids is 2. The summed E-state index contributed by atoms with van der Waals surface area (Å²) in [5.41, 5.74) is -0.234. The lowest BCUT2D eigenvalue weighted by Crippen LogP contribution is -2.26. The topological polar surface area (TPSA) is 64.6 Å². The van der Waals surface area contributed by atoms with Gasteiger partial charge in [-0.3, -0.25) is 9.59 Å². The maximum atomic E-state index is 13.1. The van der Waals surface area contributed by atoms with Gasteiger partial charge in [-0.05, 0) is 24.3 Å². The summed E-state index contributed by atoms with van der Waals surface area (Å²) in [4.78, 5) is 25.1. The first-order valence-electron chi connectivity index (χ1n) is 9.33.